The van der Waals surface area contributed by atoms with Gasteiger partial charge in [0.25, 0.3) is 5.56 Å². The summed E-state index contributed by atoms with van der Waals surface area (Å²) in [6.45, 7) is 0.584. The molecule has 100 valence electrons. The van der Waals surface area contributed by atoms with Crippen LogP contribution in [0.5, 0.6) is 0 Å². The number of nitrogens with zero attached hydrogens (tertiary/aromatic N) is 1. The summed E-state index contributed by atoms with van der Waals surface area (Å²) in [4.78, 5) is 27.0. The lowest BCUT2D eigenvalue weighted by molar-refractivity contribution is -0.137. The Kier molecular flexibility index (Phi) is 3.85. The van der Waals surface area contributed by atoms with Gasteiger partial charge in [-0.15, -0.1) is 0 Å². The third kappa shape index (κ3) is 3.13. The number of aromatic amines is 1. The van der Waals surface area contributed by atoms with Crippen LogP contribution in [0.1, 0.15) is 12.8 Å². The van der Waals surface area contributed by atoms with Crippen molar-refractivity contribution < 1.29 is 9.90 Å². The van der Waals surface area contributed by atoms with E-state index in [1.165, 1.54) is 0 Å². The number of aromatic nitrogens is 1. The number of carbonyl (C=O) groups is 1. The quantitative estimate of drug-likeness (QED) is 0.860. The number of H-pyrrole nitrogens is 1. The van der Waals surface area contributed by atoms with Gasteiger partial charge < -0.3 is 15.0 Å². The second-order valence-corrected chi connectivity index (χ2v) is 4.49. The monoisotopic (exact) mass is 260 g/mol. The summed E-state index contributed by atoms with van der Waals surface area (Å²) in [6, 6.07) is 9.28. The van der Waals surface area contributed by atoms with Crippen LogP contribution in [0.25, 0.3) is 10.8 Å². The molecule has 0 unspecified atom stereocenters. The number of hydrogen-bond acceptors (Lipinski definition) is 3. The minimum atomic E-state index is -0.805. The van der Waals surface area contributed by atoms with Crippen molar-refractivity contribution in [1.29, 1.82) is 0 Å². The highest BCUT2D eigenvalue weighted by atomic mass is 16.4. The molecule has 2 aromatic rings. The number of rotatable bonds is 5. The lowest BCUT2D eigenvalue weighted by Crippen LogP contribution is -2.23. The predicted octanol–water partition coefficient (Wildman–Crippen LogP) is 1.83. The molecule has 0 amide bonds. The van der Waals surface area contributed by atoms with Crippen LogP contribution >= 0.6 is 0 Å². The topological polar surface area (TPSA) is 73.4 Å². The van der Waals surface area contributed by atoms with Gasteiger partial charge in [-0.05, 0) is 23.9 Å². The van der Waals surface area contributed by atoms with Gasteiger partial charge in [-0.25, -0.2) is 0 Å². The molecule has 0 radical (unpaired) electrons. The van der Waals surface area contributed by atoms with Crippen LogP contribution in [0.15, 0.2) is 35.1 Å². The molecule has 0 atom stereocenters. The highest BCUT2D eigenvalue weighted by molar-refractivity contribution is 5.83. The Hall–Kier alpha value is -2.30. The van der Waals surface area contributed by atoms with Crippen LogP contribution in [0.4, 0.5) is 5.82 Å². The largest absolute Gasteiger partial charge is 0.481 e. The maximum Gasteiger partial charge on any atom is 0.303 e. The molecule has 0 saturated heterocycles. The van der Waals surface area contributed by atoms with E-state index in [0.717, 1.165) is 5.39 Å². The third-order valence-corrected chi connectivity index (χ3v) is 3.03. The lowest BCUT2D eigenvalue weighted by Gasteiger charge is -2.18. The van der Waals surface area contributed by atoms with Crippen LogP contribution in [0.3, 0.4) is 0 Å². The van der Waals surface area contributed by atoms with Crippen molar-refractivity contribution in [2.75, 3.05) is 18.5 Å². The number of pyridine rings is 1. The van der Waals surface area contributed by atoms with Crippen molar-refractivity contribution in [1.82, 2.24) is 4.98 Å². The van der Waals surface area contributed by atoms with Crippen molar-refractivity contribution in [3.8, 4) is 0 Å². The van der Waals surface area contributed by atoms with E-state index in [1.54, 1.807) is 6.07 Å². The van der Waals surface area contributed by atoms with Gasteiger partial charge in [0.2, 0.25) is 0 Å². The molecule has 1 heterocycles. The van der Waals surface area contributed by atoms with Crippen molar-refractivity contribution in [3.05, 3.63) is 40.7 Å². The molecule has 0 bridgehead atoms. The first kappa shape index (κ1) is 13.1. The average Bonchev–Trinajstić information content (AvgIpc) is 2.38. The molecule has 19 heavy (non-hydrogen) atoms. The predicted molar refractivity (Wildman–Crippen MR) is 74.7 cm³/mol. The molecule has 0 aliphatic rings. The van der Waals surface area contributed by atoms with Gasteiger partial charge in [0, 0.05) is 25.4 Å². The number of benzene rings is 1. The fourth-order valence-electron chi connectivity index (χ4n) is 1.99. The van der Waals surface area contributed by atoms with E-state index in [9.17, 15) is 9.59 Å². The van der Waals surface area contributed by atoms with Crippen molar-refractivity contribution in [2.45, 2.75) is 12.8 Å². The zero-order chi connectivity index (χ0) is 13.8. The number of fused-ring (bicyclic) bond motifs is 1. The molecule has 0 spiro atoms. The smallest absolute Gasteiger partial charge is 0.303 e. The molecule has 5 nitrogen and oxygen atoms in total. The van der Waals surface area contributed by atoms with Crippen molar-refractivity contribution in [3.63, 3.8) is 0 Å². The number of nitrogens with one attached hydrogen (secondary N) is 1. The summed E-state index contributed by atoms with van der Waals surface area (Å²) in [5.74, 6) is -0.102. The Labute approximate surface area is 110 Å². The molecule has 5 heteroatoms. The van der Waals surface area contributed by atoms with E-state index in [0.29, 0.717) is 24.2 Å². The first-order valence-electron chi connectivity index (χ1n) is 6.13. The summed E-state index contributed by atoms with van der Waals surface area (Å²) in [5.41, 5.74) is -0.127. The standard InChI is InChI=1S/C14H16N2O3/c1-16(8-4-7-13(17)18)12-9-10-5-2-3-6-11(10)14(19)15-12/h2-3,5-6,9H,4,7-8H2,1H3,(H,15,19)(H,17,18). The van der Waals surface area contributed by atoms with Crippen LogP contribution in [0, 0.1) is 0 Å². The summed E-state index contributed by atoms with van der Waals surface area (Å²) in [7, 11) is 1.84. The van der Waals surface area contributed by atoms with E-state index in [4.69, 9.17) is 5.11 Å². The molecular formula is C14H16N2O3. The molecule has 0 saturated carbocycles. The molecular weight excluding hydrogens is 244 g/mol. The van der Waals surface area contributed by atoms with Gasteiger partial charge in [-0.2, -0.15) is 0 Å². The fraction of sp³-hybridized carbons (Fsp3) is 0.286. The maximum absolute atomic E-state index is 11.9. The van der Waals surface area contributed by atoms with Crippen molar-refractivity contribution in [2.24, 2.45) is 0 Å². The van der Waals surface area contributed by atoms with Crippen molar-refractivity contribution >= 4 is 22.6 Å². The van der Waals surface area contributed by atoms with E-state index in [-0.39, 0.29) is 12.0 Å². The summed E-state index contributed by atoms with van der Waals surface area (Å²) < 4.78 is 0. The second-order valence-electron chi connectivity index (χ2n) is 4.49. The molecule has 2 N–H and O–H groups in total. The van der Waals surface area contributed by atoms with Gasteiger partial charge in [0.1, 0.15) is 5.82 Å². The maximum atomic E-state index is 11.9. The highest BCUT2D eigenvalue weighted by Gasteiger charge is 2.06. The SMILES string of the molecule is CN(CCCC(=O)O)c1cc2ccccc2c(=O)[nH]1. The van der Waals surface area contributed by atoms with Gasteiger partial charge in [-0.3, -0.25) is 9.59 Å². The van der Waals surface area contributed by atoms with Gasteiger partial charge in [0.15, 0.2) is 0 Å². The minimum Gasteiger partial charge on any atom is -0.481 e. The highest BCUT2D eigenvalue weighted by Crippen LogP contribution is 2.15. The molecule has 0 aliphatic heterocycles. The van der Waals surface area contributed by atoms with E-state index >= 15 is 0 Å². The minimum absolute atomic E-state index is 0.127. The number of anilines is 1. The number of hydrogen-bond donors (Lipinski definition) is 2. The Morgan fingerprint density at radius 2 is 2.11 bits per heavy atom. The third-order valence-electron chi connectivity index (χ3n) is 3.03. The molecule has 0 aliphatic carbocycles. The van der Waals surface area contributed by atoms with Gasteiger partial charge in [-0.1, -0.05) is 18.2 Å². The fourth-order valence-corrected chi connectivity index (χ4v) is 1.99. The van der Waals surface area contributed by atoms with E-state index in [2.05, 4.69) is 4.98 Å². The van der Waals surface area contributed by atoms with Crippen LogP contribution in [0.2, 0.25) is 0 Å². The first-order chi connectivity index (χ1) is 9.08. The van der Waals surface area contributed by atoms with Crippen LogP contribution in [-0.4, -0.2) is 29.7 Å². The Morgan fingerprint density at radius 1 is 1.37 bits per heavy atom. The number of carboxylic acids is 1. The summed E-state index contributed by atoms with van der Waals surface area (Å²) in [6.07, 6.45) is 0.669. The molecule has 2 rings (SSSR count). The summed E-state index contributed by atoms with van der Waals surface area (Å²) >= 11 is 0. The van der Waals surface area contributed by atoms with Gasteiger partial charge in [0.05, 0.1) is 0 Å². The Morgan fingerprint density at radius 3 is 2.84 bits per heavy atom. The zero-order valence-corrected chi connectivity index (χ0v) is 10.7. The summed E-state index contributed by atoms with van der Waals surface area (Å²) in [5, 5.41) is 10.1. The second kappa shape index (κ2) is 5.56. The molecule has 1 aromatic heterocycles. The average molecular weight is 260 g/mol. The lowest BCUT2D eigenvalue weighted by atomic mass is 10.1. The van der Waals surface area contributed by atoms with Crippen LogP contribution in [-0.2, 0) is 4.79 Å². The number of carboxylic acid groups (broad SMARTS) is 1. The molecule has 1 aromatic carbocycles. The Balaban J connectivity index is 2.20. The van der Waals surface area contributed by atoms with Gasteiger partial charge >= 0.3 is 5.97 Å². The first-order valence-corrected chi connectivity index (χ1v) is 6.13. The molecule has 0 fully saturated rings. The van der Waals surface area contributed by atoms with Crippen LogP contribution < -0.4 is 10.5 Å². The van der Waals surface area contributed by atoms with E-state index < -0.39 is 5.97 Å². The zero-order valence-electron chi connectivity index (χ0n) is 10.7. The Bertz CT molecular complexity index is 648. The van der Waals surface area contributed by atoms with E-state index in [1.807, 2.05) is 36.2 Å². The number of aliphatic carboxylic acids is 1. The normalized spacial score (nSPS) is 10.6.